The molecule has 0 fully saturated rings. The van der Waals surface area contributed by atoms with E-state index in [4.69, 9.17) is 27.5 Å². The van der Waals surface area contributed by atoms with Gasteiger partial charge in [0.1, 0.15) is 23.1 Å². The molecule has 2 N–H and O–H groups in total. The number of carbonyl (C=O) groups excluding carboxylic acids is 1. The third-order valence-electron chi connectivity index (χ3n) is 4.41. The van der Waals surface area contributed by atoms with Crippen LogP contribution in [0.15, 0.2) is 30.5 Å². The topological polar surface area (TPSA) is 89.1 Å². The molecule has 7 nitrogen and oxygen atoms in total. The van der Waals surface area contributed by atoms with E-state index in [1.807, 2.05) is 31.2 Å². The number of benzene rings is 1. The molecule has 1 aromatic carbocycles. The summed E-state index contributed by atoms with van der Waals surface area (Å²) >= 11 is 6.35. The minimum atomic E-state index is -0.602. The quantitative estimate of drug-likeness (QED) is 0.421. The van der Waals surface area contributed by atoms with Gasteiger partial charge in [-0.15, -0.1) is 12.3 Å². The predicted octanol–water partition coefficient (Wildman–Crippen LogP) is 4.88. The van der Waals surface area contributed by atoms with E-state index < -0.39 is 17.7 Å². The molecule has 162 valence electrons. The zero-order valence-electron chi connectivity index (χ0n) is 18.0. The van der Waals surface area contributed by atoms with Crippen molar-refractivity contribution in [3.63, 3.8) is 0 Å². The summed E-state index contributed by atoms with van der Waals surface area (Å²) in [7, 11) is 0. The molecule has 0 spiro atoms. The number of nitrogens with zero attached hydrogens (tertiary/aromatic N) is 2. The number of hydrogen-bond acceptors (Lipinski definition) is 5. The Balaban J connectivity index is 1.75. The second-order valence-electron chi connectivity index (χ2n) is 8.15. The smallest absolute Gasteiger partial charge is 0.408 e. The monoisotopic (exact) mass is 440 g/mol. The molecule has 0 radical (unpaired) electrons. The molecule has 3 aromatic rings. The van der Waals surface area contributed by atoms with E-state index in [0.717, 1.165) is 27.7 Å². The third kappa shape index (κ3) is 5.89. The van der Waals surface area contributed by atoms with E-state index >= 15 is 0 Å². The Kier molecular flexibility index (Phi) is 6.71. The number of nitrogens with one attached hydrogen (secondary N) is 2. The Morgan fingerprint density at radius 2 is 2.13 bits per heavy atom. The molecule has 0 saturated heterocycles. The van der Waals surface area contributed by atoms with Gasteiger partial charge >= 0.3 is 6.09 Å². The van der Waals surface area contributed by atoms with E-state index in [2.05, 4.69) is 26.4 Å². The Morgan fingerprint density at radius 3 is 2.84 bits per heavy atom. The number of aryl methyl sites for hydroxylation is 1. The van der Waals surface area contributed by atoms with Crippen LogP contribution < -0.4 is 10.1 Å². The lowest BCUT2D eigenvalue weighted by atomic mass is 10.0. The van der Waals surface area contributed by atoms with Crippen molar-refractivity contribution < 1.29 is 14.3 Å². The van der Waals surface area contributed by atoms with Crippen LogP contribution in [0.4, 0.5) is 4.79 Å². The molecular weight excluding hydrogens is 416 g/mol. The average molecular weight is 441 g/mol. The van der Waals surface area contributed by atoms with Gasteiger partial charge in [0, 0.05) is 23.1 Å². The summed E-state index contributed by atoms with van der Waals surface area (Å²) in [6.45, 7) is 7.50. The number of ether oxygens (including phenoxy) is 2. The number of aromatic amines is 1. The second-order valence-corrected chi connectivity index (χ2v) is 8.51. The molecule has 8 heteroatoms. The van der Waals surface area contributed by atoms with Gasteiger partial charge in [0.05, 0.1) is 17.8 Å². The van der Waals surface area contributed by atoms with Gasteiger partial charge in [0.2, 0.25) is 0 Å². The summed E-state index contributed by atoms with van der Waals surface area (Å²) in [5, 5.41) is 11.3. The standard InChI is InChI=1S/C23H25ClN4O3/c1-6-7-16(26-22(29)31-23(3,4)5)13-30-17-11-19(21(24)25-12-17)15-8-9-20-18(10-15)14(2)27-28-20/h1,8-12,16H,7,13H2,2-5H3,(H,26,29)(H,27,28)/t16-/m1/s1. The largest absolute Gasteiger partial charge is 0.490 e. The lowest BCUT2D eigenvalue weighted by molar-refractivity contribution is 0.0489. The van der Waals surface area contributed by atoms with Crippen LogP contribution in [0, 0.1) is 19.3 Å². The zero-order chi connectivity index (χ0) is 22.6. The molecule has 2 aromatic heterocycles. The second kappa shape index (κ2) is 9.27. The van der Waals surface area contributed by atoms with Gasteiger partial charge in [0.25, 0.3) is 0 Å². The van der Waals surface area contributed by atoms with Crippen LogP contribution >= 0.6 is 11.6 Å². The number of rotatable bonds is 6. The van der Waals surface area contributed by atoms with Crippen LogP contribution in [-0.2, 0) is 4.74 Å². The summed E-state index contributed by atoms with van der Waals surface area (Å²) in [5.41, 5.74) is 2.87. The fraction of sp³-hybridized carbons (Fsp3) is 0.348. The maximum Gasteiger partial charge on any atom is 0.408 e. The van der Waals surface area contributed by atoms with Crippen molar-refractivity contribution in [2.24, 2.45) is 0 Å². The van der Waals surface area contributed by atoms with Gasteiger partial charge in [-0.05, 0) is 51.5 Å². The first-order chi connectivity index (χ1) is 14.7. The summed E-state index contributed by atoms with van der Waals surface area (Å²) in [6, 6.07) is 7.26. The first-order valence-corrected chi connectivity index (χ1v) is 10.2. The molecule has 0 bridgehead atoms. The van der Waals surface area contributed by atoms with E-state index in [9.17, 15) is 4.79 Å². The first kappa shape index (κ1) is 22.4. The molecule has 1 amide bonds. The molecule has 1 atom stereocenters. The van der Waals surface area contributed by atoms with E-state index in [-0.39, 0.29) is 6.61 Å². The van der Waals surface area contributed by atoms with Crippen LogP contribution in [0.3, 0.4) is 0 Å². The number of terminal acetylenes is 1. The highest BCUT2D eigenvalue weighted by atomic mass is 35.5. The fourth-order valence-corrected chi connectivity index (χ4v) is 3.19. The summed E-state index contributed by atoms with van der Waals surface area (Å²) in [4.78, 5) is 16.3. The normalized spacial score (nSPS) is 12.3. The fourth-order valence-electron chi connectivity index (χ4n) is 2.98. The maximum absolute atomic E-state index is 12.1. The average Bonchev–Trinajstić information content (AvgIpc) is 3.06. The number of amides is 1. The summed E-state index contributed by atoms with van der Waals surface area (Å²) in [6.07, 6.45) is 6.72. The third-order valence-corrected chi connectivity index (χ3v) is 4.71. The molecule has 3 rings (SSSR count). The molecule has 0 aliphatic carbocycles. The minimum absolute atomic E-state index is 0.159. The van der Waals surface area contributed by atoms with Crippen LogP contribution in [0.1, 0.15) is 32.9 Å². The van der Waals surface area contributed by atoms with E-state index in [0.29, 0.717) is 17.3 Å². The zero-order valence-corrected chi connectivity index (χ0v) is 18.7. The van der Waals surface area contributed by atoms with Crippen LogP contribution in [0.2, 0.25) is 5.15 Å². The van der Waals surface area contributed by atoms with Gasteiger partial charge in [-0.3, -0.25) is 5.10 Å². The molecular formula is C23H25ClN4O3. The minimum Gasteiger partial charge on any atom is -0.490 e. The van der Waals surface area contributed by atoms with Gasteiger partial charge < -0.3 is 14.8 Å². The molecule has 31 heavy (non-hydrogen) atoms. The highest BCUT2D eigenvalue weighted by Crippen LogP contribution is 2.32. The number of carbonyl (C=O) groups is 1. The number of halogens is 1. The molecule has 0 aliphatic rings. The van der Waals surface area contributed by atoms with Crippen molar-refractivity contribution in [2.75, 3.05) is 6.61 Å². The van der Waals surface area contributed by atoms with Crippen molar-refractivity contribution >= 4 is 28.6 Å². The van der Waals surface area contributed by atoms with E-state index in [1.54, 1.807) is 20.8 Å². The Bertz CT molecular complexity index is 1130. The molecule has 0 unspecified atom stereocenters. The number of pyridine rings is 1. The summed E-state index contributed by atoms with van der Waals surface area (Å²) in [5.74, 6) is 3.05. The van der Waals surface area contributed by atoms with Crippen molar-refractivity contribution in [3.8, 4) is 29.2 Å². The highest BCUT2D eigenvalue weighted by molar-refractivity contribution is 6.32. The van der Waals surface area contributed by atoms with Crippen LogP contribution in [0.5, 0.6) is 5.75 Å². The Hall–Kier alpha value is -3.24. The van der Waals surface area contributed by atoms with Gasteiger partial charge in [-0.25, -0.2) is 9.78 Å². The lowest BCUT2D eigenvalue weighted by Crippen LogP contribution is -2.42. The van der Waals surface area contributed by atoms with Crippen molar-refractivity contribution in [2.45, 2.75) is 45.8 Å². The maximum atomic E-state index is 12.1. The van der Waals surface area contributed by atoms with Crippen molar-refractivity contribution in [3.05, 3.63) is 41.3 Å². The number of alkyl carbamates (subject to hydrolysis) is 1. The number of fused-ring (bicyclic) bond motifs is 1. The van der Waals surface area contributed by atoms with Gasteiger partial charge in [0.15, 0.2) is 0 Å². The number of hydrogen-bond donors (Lipinski definition) is 2. The molecule has 0 aliphatic heterocycles. The number of H-pyrrole nitrogens is 1. The van der Waals surface area contributed by atoms with E-state index in [1.165, 1.54) is 6.20 Å². The molecule has 2 heterocycles. The Labute approximate surface area is 186 Å². The highest BCUT2D eigenvalue weighted by Gasteiger charge is 2.20. The van der Waals surface area contributed by atoms with Gasteiger partial charge in [-0.1, -0.05) is 17.7 Å². The van der Waals surface area contributed by atoms with Crippen LogP contribution in [-0.4, -0.2) is 39.5 Å². The summed E-state index contributed by atoms with van der Waals surface area (Å²) < 4.78 is 11.1. The predicted molar refractivity (Wildman–Crippen MR) is 121 cm³/mol. The first-order valence-electron chi connectivity index (χ1n) is 9.82. The molecule has 0 saturated carbocycles. The van der Waals surface area contributed by atoms with Crippen LogP contribution in [0.25, 0.3) is 22.0 Å². The number of aromatic nitrogens is 3. The SMILES string of the molecule is C#CC[C@H](COc1cnc(Cl)c(-c2ccc3n[nH]c(C)c3c2)c1)NC(=O)OC(C)(C)C. The van der Waals surface area contributed by atoms with Crippen molar-refractivity contribution in [1.29, 1.82) is 0 Å². The van der Waals surface area contributed by atoms with Crippen molar-refractivity contribution in [1.82, 2.24) is 20.5 Å². The lowest BCUT2D eigenvalue weighted by Gasteiger charge is -2.23. The Morgan fingerprint density at radius 1 is 1.35 bits per heavy atom. The van der Waals surface area contributed by atoms with Gasteiger partial charge in [-0.2, -0.15) is 5.10 Å².